The van der Waals surface area contributed by atoms with Crippen molar-refractivity contribution in [1.82, 2.24) is 9.97 Å². The lowest BCUT2D eigenvalue weighted by Gasteiger charge is -2.10. The number of aryl methyl sites for hydroxylation is 1. The van der Waals surface area contributed by atoms with Gasteiger partial charge in [-0.05, 0) is 25.1 Å². The van der Waals surface area contributed by atoms with Crippen molar-refractivity contribution in [2.24, 2.45) is 5.84 Å². The molecular weight excluding hydrogens is 291 g/mol. The number of nitrogens with two attached hydrogens (primary N) is 1. The minimum absolute atomic E-state index is 0.226. The molecule has 21 heavy (non-hydrogen) atoms. The van der Waals surface area contributed by atoms with Crippen molar-refractivity contribution >= 4 is 27.4 Å². The van der Waals surface area contributed by atoms with Crippen LogP contribution in [0.4, 0.5) is 10.2 Å². The number of hydrogen-bond acceptors (Lipinski definition) is 6. The summed E-state index contributed by atoms with van der Waals surface area (Å²) in [5, 5.41) is 0.819. The van der Waals surface area contributed by atoms with Gasteiger partial charge in [0.1, 0.15) is 16.4 Å². The Morgan fingerprint density at radius 3 is 2.86 bits per heavy atom. The van der Waals surface area contributed by atoms with Crippen molar-refractivity contribution in [2.45, 2.75) is 6.92 Å². The first-order valence-electron chi connectivity index (χ1n) is 6.21. The van der Waals surface area contributed by atoms with Crippen molar-refractivity contribution in [3.63, 3.8) is 0 Å². The number of halogens is 1. The normalized spacial score (nSPS) is 10.9. The minimum atomic E-state index is -0.440. The maximum Gasteiger partial charge on any atom is 0.169 e. The molecule has 3 aromatic rings. The number of nitrogens with zero attached hydrogens (tertiary/aromatic N) is 2. The van der Waals surface area contributed by atoms with Crippen LogP contribution in [0.1, 0.15) is 4.88 Å². The maximum absolute atomic E-state index is 14.2. The van der Waals surface area contributed by atoms with Gasteiger partial charge in [0.2, 0.25) is 0 Å². The third kappa shape index (κ3) is 2.30. The molecule has 7 heteroatoms. The minimum Gasteiger partial charge on any atom is -0.496 e. The van der Waals surface area contributed by atoms with Crippen molar-refractivity contribution in [3.05, 3.63) is 35.0 Å². The van der Waals surface area contributed by atoms with Crippen LogP contribution in [-0.2, 0) is 0 Å². The van der Waals surface area contributed by atoms with E-state index in [0.29, 0.717) is 11.6 Å². The number of hydrogen-bond donors (Lipinski definition) is 2. The molecule has 0 aliphatic carbocycles. The average molecular weight is 304 g/mol. The smallest absolute Gasteiger partial charge is 0.169 e. The van der Waals surface area contributed by atoms with Crippen LogP contribution in [0.3, 0.4) is 0 Å². The first-order valence-corrected chi connectivity index (χ1v) is 7.03. The number of benzene rings is 1. The molecule has 0 radical (unpaired) electrons. The number of rotatable bonds is 3. The van der Waals surface area contributed by atoms with Gasteiger partial charge in [-0.25, -0.2) is 20.2 Å². The number of aromatic nitrogens is 2. The molecule has 0 unspecified atom stereocenters. The van der Waals surface area contributed by atoms with Crippen LogP contribution in [0, 0.1) is 12.7 Å². The lowest BCUT2D eigenvalue weighted by Crippen LogP contribution is -2.10. The summed E-state index contributed by atoms with van der Waals surface area (Å²) in [4.78, 5) is 10.6. The number of anilines is 1. The molecule has 2 aromatic heterocycles. The summed E-state index contributed by atoms with van der Waals surface area (Å²) >= 11 is 1.50. The maximum atomic E-state index is 14.2. The highest BCUT2D eigenvalue weighted by atomic mass is 32.1. The van der Waals surface area contributed by atoms with Gasteiger partial charge in [0.25, 0.3) is 0 Å². The van der Waals surface area contributed by atoms with E-state index in [9.17, 15) is 4.39 Å². The third-order valence-corrected chi connectivity index (χ3v) is 4.02. The van der Waals surface area contributed by atoms with Crippen molar-refractivity contribution in [3.8, 4) is 17.1 Å². The standard InChI is InChI=1S/C14H13FN4OS/c1-7-6-8-12(19-16)17-13(18-14(8)21-7)11-9(15)4-3-5-10(11)20-2/h3-6H,16H2,1-2H3,(H,17,18,19). The summed E-state index contributed by atoms with van der Waals surface area (Å²) in [6, 6.07) is 6.53. The quantitative estimate of drug-likeness (QED) is 0.574. The molecule has 0 aliphatic rings. The second kappa shape index (κ2) is 5.27. The summed E-state index contributed by atoms with van der Waals surface area (Å²) in [6.07, 6.45) is 0. The van der Waals surface area contributed by atoms with Crippen LogP contribution in [0.15, 0.2) is 24.3 Å². The van der Waals surface area contributed by atoms with E-state index in [1.165, 1.54) is 24.5 Å². The van der Waals surface area contributed by atoms with E-state index >= 15 is 0 Å². The number of methoxy groups -OCH3 is 1. The molecule has 0 amide bonds. The number of fused-ring (bicyclic) bond motifs is 1. The lowest BCUT2D eigenvalue weighted by atomic mass is 10.1. The average Bonchev–Trinajstić information content (AvgIpc) is 2.85. The monoisotopic (exact) mass is 304 g/mol. The van der Waals surface area contributed by atoms with Gasteiger partial charge < -0.3 is 10.2 Å². The van der Waals surface area contributed by atoms with Gasteiger partial charge in [-0.1, -0.05) is 6.07 Å². The Balaban J connectivity index is 2.30. The molecule has 0 saturated heterocycles. The van der Waals surface area contributed by atoms with Gasteiger partial charge in [-0.15, -0.1) is 11.3 Å². The van der Waals surface area contributed by atoms with Crippen molar-refractivity contribution < 1.29 is 9.13 Å². The third-order valence-electron chi connectivity index (χ3n) is 3.07. The zero-order chi connectivity index (χ0) is 15.0. The highest BCUT2D eigenvalue weighted by Crippen LogP contribution is 2.35. The first kappa shape index (κ1) is 13.7. The Hall–Kier alpha value is -2.25. The second-order valence-corrected chi connectivity index (χ2v) is 5.67. The molecule has 3 rings (SSSR count). The summed E-state index contributed by atoms with van der Waals surface area (Å²) in [6.45, 7) is 1.97. The molecule has 108 valence electrons. The fraction of sp³-hybridized carbons (Fsp3) is 0.143. The first-order chi connectivity index (χ1) is 10.1. The van der Waals surface area contributed by atoms with Gasteiger partial charge in [0.05, 0.1) is 18.1 Å². The summed E-state index contributed by atoms with van der Waals surface area (Å²) in [7, 11) is 1.48. The molecule has 3 N–H and O–H groups in total. The molecule has 0 bridgehead atoms. The number of nitrogen functional groups attached to an aromatic ring is 1. The molecule has 1 aromatic carbocycles. The Labute approximate surface area is 124 Å². The SMILES string of the molecule is COc1cccc(F)c1-c1nc(NN)c2cc(C)sc2n1. The van der Waals surface area contributed by atoms with Gasteiger partial charge in [-0.3, -0.25) is 0 Å². The van der Waals surface area contributed by atoms with Crippen LogP contribution >= 0.6 is 11.3 Å². The molecule has 5 nitrogen and oxygen atoms in total. The van der Waals surface area contributed by atoms with Crippen LogP contribution in [0.5, 0.6) is 5.75 Å². The predicted molar refractivity (Wildman–Crippen MR) is 81.9 cm³/mol. The Morgan fingerprint density at radius 2 is 2.14 bits per heavy atom. The highest BCUT2D eigenvalue weighted by molar-refractivity contribution is 7.18. The van der Waals surface area contributed by atoms with E-state index in [2.05, 4.69) is 15.4 Å². The summed E-state index contributed by atoms with van der Waals surface area (Å²) in [5.41, 5.74) is 2.77. The summed E-state index contributed by atoms with van der Waals surface area (Å²) in [5.74, 6) is 6.17. The lowest BCUT2D eigenvalue weighted by molar-refractivity contribution is 0.413. The summed E-state index contributed by atoms with van der Waals surface area (Å²) < 4.78 is 19.4. The van der Waals surface area contributed by atoms with Crippen LogP contribution in [0.2, 0.25) is 0 Å². The van der Waals surface area contributed by atoms with Crippen LogP contribution in [0.25, 0.3) is 21.6 Å². The number of nitrogens with one attached hydrogen (secondary N) is 1. The zero-order valence-corrected chi connectivity index (χ0v) is 12.3. The molecule has 0 saturated carbocycles. The van der Waals surface area contributed by atoms with Crippen LogP contribution < -0.4 is 16.0 Å². The Bertz CT molecular complexity index is 818. The predicted octanol–water partition coefficient (Wildman–Crippen LogP) is 3.10. The highest BCUT2D eigenvalue weighted by Gasteiger charge is 2.17. The molecule has 0 aliphatic heterocycles. The van der Waals surface area contributed by atoms with Gasteiger partial charge in [0, 0.05) is 4.88 Å². The van der Waals surface area contributed by atoms with Gasteiger partial charge >= 0.3 is 0 Å². The zero-order valence-electron chi connectivity index (χ0n) is 11.5. The van der Waals surface area contributed by atoms with Gasteiger partial charge in [0.15, 0.2) is 11.6 Å². The number of hydrazine groups is 1. The Morgan fingerprint density at radius 1 is 1.33 bits per heavy atom. The van der Waals surface area contributed by atoms with E-state index in [1.807, 2.05) is 13.0 Å². The van der Waals surface area contributed by atoms with Gasteiger partial charge in [-0.2, -0.15) is 0 Å². The Kier molecular flexibility index (Phi) is 3.44. The van der Waals surface area contributed by atoms with Crippen molar-refractivity contribution in [1.29, 1.82) is 0 Å². The molecule has 2 heterocycles. The van der Waals surface area contributed by atoms with Crippen LogP contribution in [-0.4, -0.2) is 17.1 Å². The largest absolute Gasteiger partial charge is 0.496 e. The molecule has 0 fully saturated rings. The van der Waals surface area contributed by atoms with E-state index < -0.39 is 5.82 Å². The number of ether oxygens (including phenoxy) is 1. The van der Waals surface area contributed by atoms with Crippen molar-refractivity contribution in [2.75, 3.05) is 12.5 Å². The second-order valence-electron chi connectivity index (χ2n) is 4.43. The molecule has 0 spiro atoms. The molecule has 0 atom stereocenters. The fourth-order valence-corrected chi connectivity index (χ4v) is 3.03. The topological polar surface area (TPSA) is 73.1 Å². The fourth-order valence-electron chi connectivity index (χ4n) is 2.16. The van der Waals surface area contributed by atoms with E-state index in [-0.39, 0.29) is 11.4 Å². The number of thiophene rings is 1. The van der Waals surface area contributed by atoms with E-state index in [0.717, 1.165) is 15.1 Å². The van der Waals surface area contributed by atoms with E-state index in [4.69, 9.17) is 10.6 Å². The van der Waals surface area contributed by atoms with E-state index in [1.54, 1.807) is 12.1 Å². The molecular formula is C14H13FN4OS.